The number of unbranched alkanes of at least 4 members (excludes halogenated alkanes) is 1. The molecular formula is C27H25N9O. The molecule has 0 aliphatic rings. The second kappa shape index (κ2) is 9.30. The van der Waals surface area contributed by atoms with Crippen LogP contribution >= 0.6 is 0 Å². The number of imidazole rings is 1. The molecule has 0 aliphatic heterocycles. The summed E-state index contributed by atoms with van der Waals surface area (Å²) in [5.74, 6) is 0.785. The van der Waals surface area contributed by atoms with Crippen molar-refractivity contribution in [2.45, 2.75) is 33.1 Å². The molecule has 0 saturated heterocycles. The van der Waals surface area contributed by atoms with E-state index in [9.17, 15) is 4.79 Å². The van der Waals surface area contributed by atoms with Crippen LogP contribution in [-0.4, -0.2) is 45.6 Å². The van der Waals surface area contributed by atoms with Crippen molar-refractivity contribution in [3.63, 3.8) is 0 Å². The fourth-order valence-electron chi connectivity index (χ4n) is 4.40. The molecule has 0 atom stereocenters. The Kier molecular flexibility index (Phi) is 5.68. The van der Waals surface area contributed by atoms with E-state index in [1.165, 1.54) is 0 Å². The Morgan fingerprint density at radius 1 is 1.05 bits per heavy atom. The van der Waals surface area contributed by atoms with E-state index in [0.717, 1.165) is 63.2 Å². The number of hydrogen-bond acceptors (Lipinski definition) is 6. The van der Waals surface area contributed by atoms with Crippen LogP contribution < -0.4 is 5.32 Å². The normalized spacial score (nSPS) is 11.4. The van der Waals surface area contributed by atoms with Crippen molar-refractivity contribution in [1.29, 1.82) is 0 Å². The molecule has 37 heavy (non-hydrogen) atoms. The van der Waals surface area contributed by atoms with Crippen molar-refractivity contribution in [3.8, 4) is 28.3 Å². The van der Waals surface area contributed by atoms with Crippen LogP contribution in [0.5, 0.6) is 0 Å². The van der Waals surface area contributed by atoms with Crippen molar-refractivity contribution >= 4 is 33.5 Å². The zero-order valence-corrected chi connectivity index (χ0v) is 20.5. The number of nitrogens with one attached hydrogen (secondary N) is 3. The van der Waals surface area contributed by atoms with Gasteiger partial charge in [-0.3, -0.25) is 19.4 Å². The van der Waals surface area contributed by atoms with Gasteiger partial charge in [0, 0.05) is 53.1 Å². The van der Waals surface area contributed by atoms with Gasteiger partial charge in [-0.2, -0.15) is 5.10 Å². The number of fused-ring (bicyclic) bond motifs is 2. The Morgan fingerprint density at radius 2 is 1.95 bits per heavy atom. The molecule has 6 aromatic heterocycles. The minimum atomic E-state index is -0.00924. The lowest BCUT2D eigenvalue weighted by Crippen LogP contribution is -2.11. The molecule has 0 unspecified atom stereocenters. The van der Waals surface area contributed by atoms with Crippen LogP contribution in [0.15, 0.2) is 61.6 Å². The van der Waals surface area contributed by atoms with Gasteiger partial charge in [0.15, 0.2) is 5.65 Å². The van der Waals surface area contributed by atoms with Gasteiger partial charge in [0.1, 0.15) is 17.8 Å². The third-order valence-electron chi connectivity index (χ3n) is 6.27. The number of rotatable bonds is 7. The first-order chi connectivity index (χ1) is 18.1. The van der Waals surface area contributed by atoms with Crippen molar-refractivity contribution in [1.82, 2.24) is 39.7 Å². The highest BCUT2D eigenvalue weighted by Crippen LogP contribution is 2.32. The van der Waals surface area contributed by atoms with Gasteiger partial charge in [-0.1, -0.05) is 13.3 Å². The molecule has 0 aromatic carbocycles. The van der Waals surface area contributed by atoms with E-state index in [4.69, 9.17) is 0 Å². The lowest BCUT2D eigenvalue weighted by Gasteiger charge is -2.07. The summed E-state index contributed by atoms with van der Waals surface area (Å²) in [6.07, 6.45) is 13.0. The van der Waals surface area contributed by atoms with Crippen LogP contribution in [0.2, 0.25) is 0 Å². The molecule has 6 heterocycles. The Hall–Kier alpha value is -4.86. The number of pyridine rings is 3. The second-order valence-electron chi connectivity index (χ2n) is 9.01. The van der Waals surface area contributed by atoms with Crippen molar-refractivity contribution in [3.05, 3.63) is 67.3 Å². The van der Waals surface area contributed by atoms with Gasteiger partial charge in [-0.25, -0.2) is 15.0 Å². The van der Waals surface area contributed by atoms with Gasteiger partial charge < -0.3 is 10.3 Å². The standard InChI is InChI=1S/C27H25N9O/c1-3-4-5-24(37)32-19-8-17(11-28-13-19)18-9-21-25(34-35-26(21)30-12-18)23-10-20-22(33-23)6-7-29-27(20)36-14-16(2)31-15-36/h6-15,33H,3-5H2,1-2H3,(H,32,37)(H,30,34,35). The molecule has 0 spiro atoms. The SMILES string of the molecule is CCCCC(=O)Nc1cncc(-c2cnc3[nH]nc(-c4cc5c(-n6cnc(C)c6)nccc5[nH]4)c3c2)c1. The predicted molar refractivity (Wildman–Crippen MR) is 142 cm³/mol. The predicted octanol–water partition coefficient (Wildman–Crippen LogP) is 5.19. The fraction of sp³-hybridized carbons (Fsp3) is 0.185. The van der Waals surface area contributed by atoms with Crippen molar-refractivity contribution in [2.75, 3.05) is 5.32 Å². The summed E-state index contributed by atoms with van der Waals surface area (Å²) >= 11 is 0. The number of aryl methyl sites for hydroxylation is 1. The molecule has 0 radical (unpaired) electrons. The van der Waals surface area contributed by atoms with E-state index in [0.29, 0.717) is 17.8 Å². The molecule has 10 heteroatoms. The van der Waals surface area contributed by atoms with E-state index in [1.54, 1.807) is 31.1 Å². The average molecular weight is 492 g/mol. The summed E-state index contributed by atoms with van der Waals surface area (Å²) in [4.78, 5) is 33.5. The molecular weight excluding hydrogens is 466 g/mol. The lowest BCUT2D eigenvalue weighted by molar-refractivity contribution is -0.116. The van der Waals surface area contributed by atoms with Gasteiger partial charge in [0.2, 0.25) is 5.91 Å². The van der Waals surface area contributed by atoms with E-state index in [-0.39, 0.29) is 5.91 Å². The largest absolute Gasteiger partial charge is 0.353 e. The summed E-state index contributed by atoms with van der Waals surface area (Å²) in [5, 5.41) is 12.4. The number of amides is 1. The zero-order chi connectivity index (χ0) is 25.4. The molecule has 0 saturated carbocycles. The molecule has 0 fully saturated rings. The molecule has 1 amide bonds. The van der Waals surface area contributed by atoms with E-state index in [1.807, 2.05) is 42.0 Å². The van der Waals surface area contributed by atoms with Crippen LogP contribution in [0, 0.1) is 6.92 Å². The highest BCUT2D eigenvalue weighted by atomic mass is 16.1. The third-order valence-corrected chi connectivity index (χ3v) is 6.27. The molecule has 6 aromatic rings. The number of H-pyrrole nitrogens is 2. The maximum Gasteiger partial charge on any atom is 0.224 e. The number of carbonyl (C=O) groups is 1. The summed E-state index contributed by atoms with van der Waals surface area (Å²) in [7, 11) is 0. The van der Waals surface area contributed by atoms with Crippen molar-refractivity contribution < 1.29 is 4.79 Å². The molecule has 0 bridgehead atoms. The summed E-state index contributed by atoms with van der Waals surface area (Å²) in [5.41, 5.74) is 6.54. The van der Waals surface area contributed by atoms with Crippen LogP contribution in [0.3, 0.4) is 0 Å². The number of hydrogen-bond donors (Lipinski definition) is 3. The Bertz CT molecular complexity index is 1740. The first-order valence-corrected chi connectivity index (χ1v) is 12.2. The number of nitrogens with zero attached hydrogens (tertiary/aromatic N) is 6. The van der Waals surface area contributed by atoms with Gasteiger partial charge in [-0.15, -0.1) is 0 Å². The van der Waals surface area contributed by atoms with Crippen LogP contribution in [0.4, 0.5) is 5.69 Å². The minimum Gasteiger partial charge on any atom is -0.353 e. The number of anilines is 1. The third kappa shape index (κ3) is 4.33. The quantitative estimate of drug-likeness (QED) is 0.282. The zero-order valence-electron chi connectivity index (χ0n) is 20.5. The highest BCUT2D eigenvalue weighted by molar-refractivity contribution is 5.98. The summed E-state index contributed by atoms with van der Waals surface area (Å²) in [6.45, 7) is 4.01. The van der Waals surface area contributed by atoms with Gasteiger partial charge in [-0.05, 0) is 37.6 Å². The van der Waals surface area contributed by atoms with Gasteiger partial charge in [0.05, 0.1) is 28.8 Å². The number of aromatic nitrogens is 8. The Balaban J connectivity index is 1.37. The van der Waals surface area contributed by atoms with Crippen LogP contribution in [0.25, 0.3) is 50.3 Å². The van der Waals surface area contributed by atoms with Gasteiger partial charge in [0.25, 0.3) is 0 Å². The Morgan fingerprint density at radius 3 is 2.78 bits per heavy atom. The first-order valence-electron chi connectivity index (χ1n) is 12.2. The molecule has 3 N–H and O–H groups in total. The first kappa shape index (κ1) is 22.6. The maximum absolute atomic E-state index is 12.2. The monoisotopic (exact) mass is 491 g/mol. The number of aromatic amines is 2. The average Bonchev–Trinajstić information content (AvgIpc) is 3.64. The van der Waals surface area contributed by atoms with E-state index >= 15 is 0 Å². The summed E-state index contributed by atoms with van der Waals surface area (Å²) < 4.78 is 1.92. The highest BCUT2D eigenvalue weighted by Gasteiger charge is 2.16. The molecule has 10 nitrogen and oxygen atoms in total. The minimum absolute atomic E-state index is 0.00924. The summed E-state index contributed by atoms with van der Waals surface area (Å²) in [6, 6.07) is 7.93. The fourth-order valence-corrected chi connectivity index (χ4v) is 4.40. The molecule has 6 rings (SSSR count). The van der Waals surface area contributed by atoms with E-state index < -0.39 is 0 Å². The van der Waals surface area contributed by atoms with Crippen LogP contribution in [-0.2, 0) is 4.79 Å². The van der Waals surface area contributed by atoms with Gasteiger partial charge >= 0.3 is 0 Å². The molecule has 0 aliphatic carbocycles. The lowest BCUT2D eigenvalue weighted by atomic mass is 10.1. The Labute approximate surface area is 212 Å². The van der Waals surface area contributed by atoms with Crippen LogP contribution in [0.1, 0.15) is 31.9 Å². The smallest absolute Gasteiger partial charge is 0.224 e. The van der Waals surface area contributed by atoms with Crippen molar-refractivity contribution in [2.24, 2.45) is 0 Å². The molecule has 184 valence electrons. The van der Waals surface area contributed by atoms with E-state index in [2.05, 4.69) is 47.4 Å². The second-order valence-corrected chi connectivity index (χ2v) is 9.01. The number of carbonyl (C=O) groups excluding carboxylic acids is 1. The maximum atomic E-state index is 12.2. The topological polar surface area (TPSA) is 130 Å².